The standard InChI is InChI=1S/C10H23NS/c1-5-9(6-2)7-10(11-3)8-12-4/h9-11H,5-8H2,1-4H3. The molecule has 1 unspecified atom stereocenters. The Hall–Kier alpha value is 0.310. The van der Waals surface area contributed by atoms with Crippen LogP contribution < -0.4 is 5.32 Å². The average molecular weight is 189 g/mol. The fourth-order valence-corrected chi connectivity index (χ4v) is 2.20. The first-order chi connectivity index (χ1) is 5.78. The Labute approximate surface area is 81.7 Å². The number of hydrogen-bond donors (Lipinski definition) is 1. The fourth-order valence-electron chi connectivity index (χ4n) is 1.49. The van der Waals surface area contributed by atoms with Crippen LogP contribution in [0, 0.1) is 5.92 Å². The zero-order chi connectivity index (χ0) is 9.40. The monoisotopic (exact) mass is 189 g/mol. The molecule has 1 nitrogen and oxygen atoms in total. The summed E-state index contributed by atoms with van der Waals surface area (Å²) >= 11 is 1.93. The van der Waals surface area contributed by atoms with E-state index in [-0.39, 0.29) is 0 Å². The van der Waals surface area contributed by atoms with Crippen molar-refractivity contribution in [3.63, 3.8) is 0 Å². The van der Waals surface area contributed by atoms with E-state index in [1.807, 2.05) is 11.8 Å². The Morgan fingerprint density at radius 2 is 1.83 bits per heavy atom. The first-order valence-corrected chi connectivity index (χ1v) is 6.33. The normalized spacial score (nSPS) is 13.8. The van der Waals surface area contributed by atoms with E-state index in [1.54, 1.807) is 0 Å². The zero-order valence-electron chi connectivity index (χ0n) is 8.89. The van der Waals surface area contributed by atoms with Gasteiger partial charge in [-0.2, -0.15) is 11.8 Å². The number of nitrogens with one attached hydrogen (secondary N) is 1. The van der Waals surface area contributed by atoms with Gasteiger partial charge in [-0.25, -0.2) is 0 Å². The SMILES string of the molecule is CCC(CC)CC(CSC)NC. The minimum atomic E-state index is 0.713. The molecule has 0 fully saturated rings. The lowest BCUT2D eigenvalue weighted by Gasteiger charge is -2.20. The second kappa shape index (κ2) is 7.93. The maximum Gasteiger partial charge on any atom is 0.0157 e. The van der Waals surface area contributed by atoms with Gasteiger partial charge in [-0.1, -0.05) is 26.7 Å². The van der Waals surface area contributed by atoms with Gasteiger partial charge in [0.1, 0.15) is 0 Å². The van der Waals surface area contributed by atoms with Gasteiger partial charge >= 0.3 is 0 Å². The van der Waals surface area contributed by atoms with Crippen molar-refractivity contribution >= 4 is 11.8 Å². The molecule has 0 saturated heterocycles. The van der Waals surface area contributed by atoms with Gasteiger partial charge in [0.25, 0.3) is 0 Å². The molecule has 0 aromatic rings. The van der Waals surface area contributed by atoms with Crippen molar-refractivity contribution in [1.82, 2.24) is 5.32 Å². The predicted molar refractivity (Wildman–Crippen MR) is 59.9 cm³/mol. The van der Waals surface area contributed by atoms with Crippen molar-refractivity contribution in [2.24, 2.45) is 5.92 Å². The molecule has 0 radical (unpaired) electrons. The van der Waals surface area contributed by atoms with Crippen LogP contribution in [0.25, 0.3) is 0 Å². The number of rotatable bonds is 7. The Morgan fingerprint density at radius 3 is 2.17 bits per heavy atom. The minimum absolute atomic E-state index is 0.713. The summed E-state index contributed by atoms with van der Waals surface area (Å²) in [4.78, 5) is 0. The summed E-state index contributed by atoms with van der Waals surface area (Å²) in [6.45, 7) is 4.58. The topological polar surface area (TPSA) is 12.0 Å². The molecular formula is C10H23NS. The minimum Gasteiger partial charge on any atom is -0.316 e. The van der Waals surface area contributed by atoms with Gasteiger partial charge in [0, 0.05) is 11.8 Å². The third kappa shape index (κ3) is 5.04. The molecule has 74 valence electrons. The summed E-state index contributed by atoms with van der Waals surface area (Å²) in [6.07, 6.45) is 6.16. The Balaban J connectivity index is 3.65. The Bertz CT molecular complexity index is 91.8. The van der Waals surface area contributed by atoms with E-state index in [4.69, 9.17) is 0 Å². The molecule has 12 heavy (non-hydrogen) atoms. The van der Waals surface area contributed by atoms with Crippen LogP contribution in [0.2, 0.25) is 0 Å². The second-order valence-corrected chi connectivity index (χ2v) is 4.27. The van der Waals surface area contributed by atoms with Crippen LogP contribution in [0.15, 0.2) is 0 Å². The fraction of sp³-hybridized carbons (Fsp3) is 1.00. The zero-order valence-corrected chi connectivity index (χ0v) is 9.71. The van der Waals surface area contributed by atoms with Gasteiger partial charge in [-0.3, -0.25) is 0 Å². The second-order valence-electron chi connectivity index (χ2n) is 3.36. The molecule has 0 aliphatic carbocycles. The molecule has 0 heterocycles. The van der Waals surface area contributed by atoms with Crippen molar-refractivity contribution < 1.29 is 0 Å². The first-order valence-electron chi connectivity index (χ1n) is 4.94. The van der Waals surface area contributed by atoms with E-state index in [2.05, 4.69) is 32.5 Å². The molecular weight excluding hydrogens is 166 g/mol. The molecule has 0 amide bonds. The van der Waals surface area contributed by atoms with E-state index in [0.717, 1.165) is 5.92 Å². The molecule has 0 spiro atoms. The van der Waals surface area contributed by atoms with Crippen molar-refractivity contribution in [3.05, 3.63) is 0 Å². The van der Waals surface area contributed by atoms with Crippen molar-refractivity contribution in [2.45, 2.75) is 39.2 Å². The van der Waals surface area contributed by atoms with Gasteiger partial charge in [-0.05, 0) is 25.6 Å². The molecule has 1 N–H and O–H groups in total. The van der Waals surface area contributed by atoms with Gasteiger partial charge in [0.15, 0.2) is 0 Å². The summed E-state index contributed by atoms with van der Waals surface area (Å²) in [7, 11) is 2.07. The van der Waals surface area contributed by atoms with E-state index < -0.39 is 0 Å². The van der Waals surface area contributed by atoms with Crippen LogP contribution in [0.3, 0.4) is 0 Å². The van der Waals surface area contributed by atoms with Crippen LogP contribution in [0.5, 0.6) is 0 Å². The third-order valence-corrected chi connectivity index (χ3v) is 3.28. The highest BCUT2D eigenvalue weighted by Gasteiger charge is 2.11. The highest BCUT2D eigenvalue weighted by Crippen LogP contribution is 2.16. The van der Waals surface area contributed by atoms with Gasteiger partial charge in [0.05, 0.1) is 0 Å². The lowest BCUT2D eigenvalue weighted by atomic mass is 9.95. The summed E-state index contributed by atoms with van der Waals surface area (Å²) < 4.78 is 0. The smallest absolute Gasteiger partial charge is 0.0157 e. The van der Waals surface area contributed by atoms with E-state index >= 15 is 0 Å². The molecule has 0 aromatic carbocycles. The maximum atomic E-state index is 3.38. The summed E-state index contributed by atoms with van der Waals surface area (Å²) in [5, 5.41) is 3.38. The molecule has 0 aliphatic heterocycles. The van der Waals surface area contributed by atoms with Crippen LogP contribution in [0.4, 0.5) is 0 Å². The van der Waals surface area contributed by atoms with E-state index in [1.165, 1.54) is 25.0 Å². The predicted octanol–water partition coefficient (Wildman–Crippen LogP) is 2.76. The van der Waals surface area contributed by atoms with Gasteiger partial charge in [-0.15, -0.1) is 0 Å². The molecule has 0 aliphatic rings. The summed E-state index contributed by atoms with van der Waals surface area (Å²) in [5.74, 6) is 2.15. The average Bonchev–Trinajstić information content (AvgIpc) is 2.12. The van der Waals surface area contributed by atoms with E-state index in [9.17, 15) is 0 Å². The van der Waals surface area contributed by atoms with Gasteiger partial charge < -0.3 is 5.32 Å². The Kier molecular flexibility index (Phi) is 8.14. The van der Waals surface area contributed by atoms with Crippen molar-refractivity contribution in [2.75, 3.05) is 19.1 Å². The lowest BCUT2D eigenvalue weighted by Crippen LogP contribution is -2.29. The lowest BCUT2D eigenvalue weighted by molar-refractivity contribution is 0.397. The quantitative estimate of drug-likeness (QED) is 0.661. The molecule has 1 atom stereocenters. The maximum absolute atomic E-state index is 3.38. The first kappa shape index (κ1) is 12.3. The summed E-state index contributed by atoms with van der Waals surface area (Å²) in [6, 6.07) is 0.713. The largest absolute Gasteiger partial charge is 0.316 e. The summed E-state index contributed by atoms with van der Waals surface area (Å²) in [5.41, 5.74) is 0. The van der Waals surface area contributed by atoms with Crippen LogP contribution in [0.1, 0.15) is 33.1 Å². The van der Waals surface area contributed by atoms with Gasteiger partial charge in [0.2, 0.25) is 0 Å². The van der Waals surface area contributed by atoms with Crippen molar-refractivity contribution in [3.8, 4) is 0 Å². The molecule has 0 saturated carbocycles. The highest BCUT2D eigenvalue weighted by atomic mass is 32.2. The number of hydrogen-bond acceptors (Lipinski definition) is 2. The molecule has 0 rings (SSSR count). The molecule has 0 aromatic heterocycles. The van der Waals surface area contributed by atoms with Crippen LogP contribution in [-0.4, -0.2) is 25.1 Å². The van der Waals surface area contributed by atoms with Crippen LogP contribution in [-0.2, 0) is 0 Å². The highest BCUT2D eigenvalue weighted by molar-refractivity contribution is 7.98. The van der Waals surface area contributed by atoms with Crippen LogP contribution >= 0.6 is 11.8 Å². The third-order valence-electron chi connectivity index (χ3n) is 2.55. The number of thioether (sulfide) groups is 1. The molecule has 0 bridgehead atoms. The van der Waals surface area contributed by atoms with Crippen molar-refractivity contribution in [1.29, 1.82) is 0 Å². The van der Waals surface area contributed by atoms with E-state index in [0.29, 0.717) is 6.04 Å². The molecule has 2 heteroatoms. The Morgan fingerprint density at radius 1 is 1.25 bits per heavy atom.